The molecule has 0 radical (unpaired) electrons. The minimum Gasteiger partial charge on any atom is -0.466 e. The van der Waals surface area contributed by atoms with E-state index in [1.807, 2.05) is 0 Å². The van der Waals surface area contributed by atoms with E-state index in [-0.39, 0.29) is 12.0 Å². The zero-order valence-corrected chi connectivity index (χ0v) is 9.04. The van der Waals surface area contributed by atoms with Gasteiger partial charge in [0.25, 0.3) is 0 Å². The Morgan fingerprint density at radius 2 is 1.92 bits per heavy atom. The van der Waals surface area contributed by atoms with Crippen molar-refractivity contribution in [1.82, 2.24) is 0 Å². The summed E-state index contributed by atoms with van der Waals surface area (Å²) in [7, 11) is 0. The van der Waals surface area contributed by atoms with E-state index in [1.165, 1.54) is 0 Å². The average molecular weight is 187 g/mol. The number of carbonyl (C=O) groups is 1. The fraction of sp³-hybridized carbons (Fsp3) is 0.900. The molecule has 0 aromatic rings. The zero-order chi connectivity index (χ0) is 10.4. The van der Waals surface area contributed by atoms with Crippen LogP contribution in [0.4, 0.5) is 0 Å². The predicted octanol–water partition coefficient (Wildman–Crippen LogP) is 1.56. The minimum absolute atomic E-state index is 0.0842. The number of rotatable bonds is 5. The Hall–Kier alpha value is -0.570. The molecule has 3 nitrogen and oxygen atoms in total. The standard InChI is InChI=1S/C10H21NO2/c1-5-13-10(12)6-9(11)8(4)7(2)3/h7-9H,5-6,11H2,1-4H3/t8?,9-/m1/s1. The van der Waals surface area contributed by atoms with Gasteiger partial charge in [-0.2, -0.15) is 0 Å². The highest BCUT2D eigenvalue weighted by atomic mass is 16.5. The van der Waals surface area contributed by atoms with Gasteiger partial charge in [-0.1, -0.05) is 20.8 Å². The van der Waals surface area contributed by atoms with Gasteiger partial charge in [0.15, 0.2) is 0 Å². The van der Waals surface area contributed by atoms with Gasteiger partial charge >= 0.3 is 5.97 Å². The highest BCUT2D eigenvalue weighted by molar-refractivity contribution is 5.70. The van der Waals surface area contributed by atoms with E-state index in [0.29, 0.717) is 24.9 Å². The van der Waals surface area contributed by atoms with Crippen molar-refractivity contribution in [3.63, 3.8) is 0 Å². The Bertz CT molecular complexity index is 157. The van der Waals surface area contributed by atoms with Crippen molar-refractivity contribution in [2.24, 2.45) is 17.6 Å². The largest absolute Gasteiger partial charge is 0.466 e. The molecule has 0 aliphatic carbocycles. The van der Waals surface area contributed by atoms with Crippen LogP contribution in [-0.4, -0.2) is 18.6 Å². The van der Waals surface area contributed by atoms with Crippen molar-refractivity contribution in [2.75, 3.05) is 6.61 Å². The normalized spacial score (nSPS) is 15.5. The molecule has 0 fully saturated rings. The van der Waals surface area contributed by atoms with E-state index in [1.54, 1.807) is 6.92 Å². The lowest BCUT2D eigenvalue weighted by atomic mass is 9.89. The molecule has 1 unspecified atom stereocenters. The van der Waals surface area contributed by atoms with Crippen molar-refractivity contribution in [2.45, 2.75) is 40.2 Å². The van der Waals surface area contributed by atoms with Crippen molar-refractivity contribution < 1.29 is 9.53 Å². The van der Waals surface area contributed by atoms with Crippen LogP contribution in [0.3, 0.4) is 0 Å². The van der Waals surface area contributed by atoms with Crippen molar-refractivity contribution in [3.8, 4) is 0 Å². The molecule has 0 spiro atoms. The summed E-state index contributed by atoms with van der Waals surface area (Å²) in [5.74, 6) is 0.663. The van der Waals surface area contributed by atoms with E-state index >= 15 is 0 Å². The molecule has 3 heteroatoms. The van der Waals surface area contributed by atoms with Crippen molar-refractivity contribution in [1.29, 1.82) is 0 Å². The maximum atomic E-state index is 11.1. The first kappa shape index (κ1) is 12.4. The van der Waals surface area contributed by atoms with E-state index in [2.05, 4.69) is 20.8 Å². The van der Waals surface area contributed by atoms with Crippen LogP contribution in [0.15, 0.2) is 0 Å². The summed E-state index contributed by atoms with van der Waals surface area (Å²) in [6, 6.07) is -0.0842. The van der Waals surface area contributed by atoms with Crippen LogP contribution < -0.4 is 5.73 Å². The van der Waals surface area contributed by atoms with Gasteiger partial charge in [0, 0.05) is 6.04 Å². The highest BCUT2D eigenvalue weighted by Crippen LogP contribution is 2.15. The second-order valence-corrected chi connectivity index (χ2v) is 3.78. The molecule has 13 heavy (non-hydrogen) atoms. The smallest absolute Gasteiger partial charge is 0.307 e. The second-order valence-electron chi connectivity index (χ2n) is 3.78. The monoisotopic (exact) mass is 187 g/mol. The number of nitrogens with two attached hydrogens (primary N) is 1. The quantitative estimate of drug-likeness (QED) is 0.664. The SMILES string of the molecule is CCOC(=O)C[C@@H](N)C(C)C(C)C. The summed E-state index contributed by atoms with van der Waals surface area (Å²) >= 11 is 0. The molecule has 2 atom stereocenters. The summed E-state index contributed by atoms with van der Waals surface area (Å²) in [4.78, 5) is 11.1. The van der Waals surface area contributed by atoms with Crippen LogP contribution in [0, 0.1) is 11.8 Å². The van der Waals surface area contributed by atoms with Gasteiger partial charge in [-0.15, -0.1) is 0 Å². The molecule has 78 valence electrons. The number of ether oxygens (including phenoxy) is 1. The first-order valence-corrected chi connectivity index (χ1v) is 4.90. The van der Waals surface area contributed by atoms with Gasteiger partial charge < -0.3 is 10.5 Å². The van der Waals surface area contributed by atoms with Crippen molar-refractivity contribution >= 4 is 5.97 Å². The summed E-state index contributed by atoms with van der Waals surface area (Å²) in [5, 5.41) is 0. The third-order valence-electron chi connectivity index (χ3n) is 2.43. The van der Waals surface area contributed by atoms with E-state index in [4.69, 9.17) is 10.5 Å². The molecule has 0 saturated carbocycles. The average Bonchev–Trinajstić information content (AvgIpc) is 2.03. The maximum absolute atomic E-state index is 11.1. The van der Waals surface area contributed by atoms with Gasteiger partial charge in [-0.3, -0.25) is 4.79 Å². The number of hydrogen-bond acceptors (Lipinski definition) is 3. The summed E-state index contributed by atoms with van der Waals surface area (Å²) in [6.07, 6.45) is 0.327. The first-order chi connectivity index (χ1) is 5.99. The molecule has 0 saturated heterocycles. The van der Waals surface area contributed by atoms with E-state index < -0.39 is 0 Å². The Kier molecular flexibility index (Phi) is 5.71. The van der Waals surface area contributed by atoms with Gasteiger partial charge in [-0.25, -0.2) is 0 Å². The molecule has 0 amide bonds. The van der Waals surface area contributed by atoms with Crippen LogP contribution in [0.2, 0.25) is 0 Å². The second kappa shape index (κ2) is 5.97. The molecule has 2 N–H and O–H groups in total. The molecular weight excluding hydrogens is 166 g/mol. The van der Waals surface area contributed by atoms with Gasteiger partial charge in [0.1, 0.15) is 0 Å². The van der Waals surface area contributed by atoms with Crippen LogP contribution in [0.25, 0.3) is 0 Å². The fourth-order valence-corrected chi connectivity index (χ4v) is 1.09. The van der Waals surface area contributed by atoms with Gasteiger partial charge in [-0.05, 0) is 18.8 Å². The highest BCUT2D eigenvalue weighted by Gasteiger charge is 2.19. The van der Waals surface area contributed by atoms with E-state index in [0.717, 1.165) is 0 Å². The Morgan fingerprint density at radius 1 is 1.38 bits per heavy atom. The summed E-state index contributed by atoms with van der Waals surface area (Å²) in [6.45, 7) is 8.51. The summed E-state index contributed by atoms with van der Waals surface area (Å²) < 4.78 is 4.82. The minimum atomic E-state index is -0.192. The van der Waals surface area contributed by atoms with Crippen LogP contribution in [0.5, 0.6) is 0 Å². The Balaban J connectivity index is 3.85. The lowest BCUT2D eigenvalue weighted by molar-refractivity contribution is -0.143. The molecule has 0 bridgehead atoms. The van der Waals surface area contributed by atoms with E-state index in [9.17, 15) is 4.79 Å². The first-order valence-electron chi connectivity index (χ1n) is 4.90. The lowest BCUT2D eigenvalue weighted by Gasteiger charge is -2.22. The molecular formula is C10H21NO2. The molecule has 0 aliphatic heterocycles. The topological polar surface area (TPSA) is 52.3 Å². The lowest BCUT2D eigenvalue weighted by Crippen LogP contribution is -2.34. The predicted molar refractivity (Wildman–Crippen MR) is 53.2 cm³/mol. The van der Waals surface area contributed by atoms with Crippen molar-refractivity contribution in [3.05, 3.63) is 0 Å². The maximum Gasteiger partial charge on any atom is 0.307 e. The van der Waals surface area contributed by atoms with Crippen LogP contribution >= 0.6 is 0 Å². The number of esters is 1. The molecule has 0 heterocycles. The molecule has 0 rings (SSSR count). The number of carbonyl (C=O) groups excluding carboxylic acids is 1. The third kappa shape index (κ3) is 4.88. The van der Waals surface area contributed by atoms with Crippen LogP contribution in [0.1, 0.15) is 34.1 Å². The third-order valence-corrected chi connectivity index (χ3v) is 2.43. The Labute approximate surface area is 80.6 Å². The molecule has 0 aliphatic rings. The van der Waals surface area contributed by atoms with Crippen LogP contribution in [-0.2, 0) is 9.53 Å². The Morgan fingerprint density at radius 3 is 2.31 bits per heavy atom. The summed E-state index contributed by atoms with van der Waals surface area (Å²) in [5.41, 5.74) is 5.85. The zero-order valence-electron chi connectivity index (χ0n) is 9.04. The molecule has 0 aromatic carbocycles. The van der Waals surface area contributed by atoms with Gasteiger partial charge in [0.2, 0.25) is 0 Å². The van der Waals surface area contributed by atoms with Gasteiger partial charge in [0.05, 0.1) is 13.0 Å². The molecule has 0 aromatic heterocycles. The number of hydrogen-bond donors (Lipinski definition) is 1. The fourth-order valence-electron chi connectivity index (χ4n) is 1.09.